The van der Waals surface area contributed by atoms with Gasteiger partial charge in [-0.1, -0.05) is 0 Å². The van der Waals surface area contributed by atoms with Gasteiger partial charge in [0.25, 0.3) is 0 Å². The second kappa shape index (κ2) is 10.9. The fourth-order valence-electron chi connectivity index (χ4n) is 4.38. The molecule has 0 saturated carbocycles. The van der Waals surface area contributed by atoms with E-state index in [0.717, 1.165) is 28.0 Å². The van der Waals surface area contributed by atoms with Crippen molar-refractivity contribution in [2.24, 2.45) is 5.92 Å². The van der Waals surface area contributed by atoms with Gasteiger partial charge < -0.3 is 24.8 Å². The van der Waals surface area contributed by atoms with Gasteiger partial charge in [0.15, 0.2) is 11.5 Å². The second-order valence-electron chi connectivity index (χ2n) is 8.99. The zero-order chi connectivity index (χ0) is 28.4. The standard InChI is InChI=1S/C29H25FN4O6/c1-16-12-18(33-27(35)21-15-32-29(37)34(28(21)36)19-7-4-17(30)5-8-19)6-9-23(16)40-24-10-11-31-22-14-26(39-3)25(38-2)13-20(22)24/h4-14,21H,15H2,1-3H3,(H,32,37)(H,33,35). The Kier molecular flexibility index (Phi) is 7.19. The van der Waals surface area contributed by atoms with E-state index in [1.807, 2.05) is 6.92 Å². The van der Waals surface area contributed by atoms with E-state index in [9.17, 15) is 18.8 Å². The number of nitrogens with zero attached hydrogens (tertiary/aromatic N) is 2. The van der Waals surface area contributed by atoms with Crippen LogP contribution in [0.1, 0.15) is 5.56 Å². The number of nitrogens with one attached hydrogen (secondary N) is 2. The minimum atomic E-state index is -1.17. The second-order valence-corrected chi connectivity index (χ2v) is 8.99. The molecule has 5 rings (SSSR count). The number of carbonyl (C=O) groups is 3. The van der Waals surface area contributed by atoms with Crippen molar-refractivity contribution in [3.63, 3.8) is 0 Å². The summed E-state index contributed by atoms with van der Waals surface area (Å²) in [4.78, 5) is 43.6. The molecule has 2 heterocycles. The number of urea groups is 1. The van der Waals surface area contributed by atoms with Crippen molar-refractivity contribution in [3.05, 3.63) is 78.2 Å². The van der Waals surface area contributed by atoms with Crippen LogP contribution in [0.5, 0.6) is 23.0 Å². The largest absolute Gasteiger partial charge is 0.493 e. The van der Waals surface area contributed by atoms with E-state index < -0.39 is 29.6 Å². The third kappa shape index (κ3) is 5.08. The molecule has 0 spiro atoms. The van der Waals surface area contributed by atoms with Gasteiger partial charge in [0, 0.05) is 29.9 Å². The molecule has 4 amide bonds. The summed E-state index contributed by atoms with van der Waals surface area (Å²) in [5, 5.41) is 6.00. The Bertz CT molecular complexity index is 1630. The van der Waals surface area contributed by atoms with Crippen LogP contribution in [0.2, 0.25) is 0 Å². The van der Waals surface area contributed by atoms with Crippen LogP contribution in [-0.4, -0.2) is 43.6 Å². The van der Waals surface area contributed by atoms with Crippen molar-refractivity contribution in [2.45, 2.75) is 6.92 Å². The molecule has 1 unspecified atom stereocenters. The highest BCUT2D eigenvalue weighted by molar-refractivity contribution is 6.23. The van der Waals surface area contributed by atoms with E-state index in [2.05, 4.69) is 15.6 Å². The average molecular weight is 545 g/mol. The topological polar surface area (TPSA) is 119 Å². The lowest BCUT2D eigenvalue weighted by molar-refractivity contribution is -0.130. The summed E-state index contributed by atoms with van der Waals surface area (Å²) in [5.41, 5.74) is 1.99. The van der Waals surface area contributed by atoms with Crippen LogP contribution in [0.4, 0.5) is 20.6 Å². The van der Waals surface area contributed by atoms with Gasteiger partial charge in [-0.15, -0.1) is 0 Å². The minimum Gasteiger partial charge on any atom is -0.493 e. The molecule has 3 aromatic carbocycles. The van der Waals surface area contributed by atoms with Crippen molar-refractivity contribution in [1.29, 1.82) is 0 Å². The first kappa shape index (κ1) is 26.4. The predicted molar refractivity (Wildman–Crippen MR) is 146 cm³/mol. The maximum absolute atomic E-state index is 13.3. The Morgan fingerprint density at radius 1 is 0.975 bits per heavy atom. The highest BCUT2D eigenvalue weighted by Crippen LogP contribution is 2.37. The van der Waals surface area contributed by atoms with E-state index in [1.54, 1.807) is 56.8 Å². The summed E-state index contributed by atoms with van der Waals surface area (Å²) in [5.74, 6) is -0.801. The lowest BCUT2D eigenvalue weighted by Gasteiger charge is -2.30. The molecule has 0 aliphatic carbocycles. The quantitative estimate of drug-likeness (QED) is 0.321. The fraction of sp³-hybridized carbons (Fsp3) is 0.172. The van der Waals surface area contributed by atoms with E-state index in [0.29, 0.717) is 34.2 Å². The Morgan fingerprint density at radius 3 is 2.40 bits per heavy atom. The number of amides is 4. The monoisotopic (exact) mass is 544 g/mol. The van der Waals surface area contributed by atoms with Crippen LogP contribution < -0.4 is 29.7 Å². The van der Waals surface area contributed by atoms with Crippen LogP contribution in [0.3, 0.4) is 0 Å². The predicted octanol–water partition coefficient (Wildman–Crippen LogP) is 4.80. The van der Waals surface area contributed by atoms with Gasteiger partial charge in [-0.25, -0.2) is 14.1 Å². The summed E-state index contributed by atoms with van der Waals surface area (Å²) >= 11 is 0. The first-order valence-corrected chi connectivity index (χ1v) is 12.3. The number of aryl methyl sites for hydroxylation is 1. The van der Waals surface area contributed by atoms with Gasteiger partial charge >= 0.3 is 6.03 Å². The zero-order valence-corrected chi connectivity index (χ0v) is 21.9. The first-order chi connectivity index (χ1) is 19.3. The molecule has 1 aliphatic rings. The van der Waals surface area contributed by atoms with Crippen LogP contribution in [0.25, 0.3) is 10.9 Å². The maximum Gasteiger partial charge on any atom is 0.328 e. The normalized spacial score (nSPS) is 15.0. The number of aromatic nitrogens is 1. The van der Waals surface area contributed by atoms with Crippen molar-refractivity contribution in [2.75, 3.05) is 31.0 Å². The highest BCUT2D eigenvalue weighted by Gasteiger charge is 2.39. The molecule has 1 fully saturated rings. The van der Waals surface area contributed by atoms with Crippen molar-refractivity contribution >= 4 is 40.1 Å². The maximum atomic E-state index is 13.3. The van der Waals surface area contributed by atoms with Gasteiger partial charge in [0.2, 0.25) is 11.8 Å². The molecule has 1 aromatic heterocycles. The molecule has 2 N–H and O–H groups in total. The number of pyridine rings is 1. The number of anilines is 2. The van der Waals surface area contributed by atoms with E-state index in [4.69, 9.17) is 14.2 Å². The lowest BCUT2D eigenvalue weighted by Crippen LogP contribution is -2.58. The molecule has 10 nitrogen and oxygen atoms in total. The number of benzene rings is 3. The Hall–Kier alpha value is -5.19. The Balaban J connectivity index is 1.33. The zero-order valence-electron chi connectivity index (χ0n) is 21.9. The number of ether oxygens (including phenoxy) is 3. The molecule has 0 bridgehead atoms. The lowest BCUT2D eigenvalue weighted by atomic mass is 10.0. The van der Waals surface area contributed by atoms with Crippen LogP contribution in [0, 0.1) is 18.7 Å². The molecule has 1 atom stereocenters. The molecular weight excluding hydrogens is 519 g/mol. The molecule has 4 aromatic rings. The number of methoxy groups -OCH3 is 2. The van der Waals surface area contributed by atoms with Crippen LogP contribution in [0.15, 0.2) is 66.9 Å². The van der Waals surface area contributed by atoms with E-state index in [-0.39, 0.29) is 12.2 Å². The summed E-state index contributed by atoms with van der Waals surface area (Å²) in [6, 6.07) is 14.5. The molecule has 1 aliphatic heterocycles. The van der Waals surface area contributed by atoms with Gasteiger partial charge in [-0.3, -0.25) is 14.6 Å². The summed E-state index contributed by atoms with van der Waals surface area (Å²) < 4.78 is 30.3. The van der Waals surface area contributed by atoms with Gasteiger partial charge in [-0.2, -0.15) is 0 Å². The number of halogens is 1. The summed E-state index contributed by atoms with van der Waals surface area (Å²) in [6.45, 7) is 1.66. The smallest absolute Gasteiger partial charge is 0.328 e. The number of hydrogen-bond donors (Lipinski definition) is 2. The first-order valence-electron chi connectivity index (χ1n) is 12.3. The SMILES string of the molecule is COc1cc2nccc(Oc3ccc(NC(=O)C4CNC(=O)N(c5ccc(F)cc5)C4=O)cc3C)c2cc1OC. The average Bonchev–Trinajstić information content (AvgIpc) is 2.94. The Morgan fingerprint density at radius 2 is 1.70 bits per heavy atom. The number of carbonyl (C=O) groups excluding carboxylic acids is 3. The highest BCUT2D eigenvalue weighted by atomic mass is 19.1. The van der Waals surface area contributed by atoms with Crippen molar-refractivity contribution < 1.29 is 33.0 Å². The molecule has 0 radical (unpaired) electrons. The fourth-order valence-corrected chi connectivity index (χ4v) is 4.38. The van der Waals surface area contributed by atoms with Gasteiger partial charge in [0.05, 0.1) is 25.4 Å². The Labute approximate surface area is 228 Å². The van der Waals surface area contributed by atoms with E-state index >= 15 is 0 Å². The van der Waals surface area contributed by atoms with Crippen LogP contribution >= 0.6 is 0 Å². The molecule has 40 heavy (non-hydrogen) atoms. The minimum absolute atomic E-state index is 0.162. The number of imide groups is 1. The number of rotatable bonds is 7. The third-order valence-corrected chi connectivity index (χ3v) is 6.45. The van der Waals surface area contributed by atoms with Crippen LogP contribution in [-0.2, 0) is 9.59 Å². The van der Waals surface area contributed by atoms with E-state index in [1.165, 1.54) is 12.1 Å². The summed E-state index contributed by atoms with van der Waals surface area (Å²) in [7, 11) is 3.10. The van der Waals surface area contributed by atoms with Gasteiger partial charge in [-0.05, 0) is 67.1 Å². The molecule has 1 saturated heterocycles. The van der Waals surface area contributed by atoms with Crippen molar-refractivity contribution in [1.82, 2.24) is 10.3 Å². The van der Waals surface area contributed by atoms with Crippen molar-refractivity contribution in [3.8, 4) is 23.0 Å². The number of hydrogen-bond acceptors (Lipinski definition) is 7. The molecule has 11 heteroatoms. The molecule has 204 valence electrons. The molecular formula is C29H25FN4O6. The van der Waals surface area contributed by atoms with Gasteiger partial charge in [0.1, 0.15) is 23.2 Å². The summed E-state index contributed by atoms with van der Waals surface area (Å²) in [6.07, 6.45) is 1.63. The number of fused-ring (bicyclic) bond motifs is 1. The third-order valence-electron chi connectivity index (χ3n) is 6.45.